The number of benzene rings is 3. The van der Waals surface area contributed by atoms with Crippen molar-refractivity contribution in [2.45, 2.75) is 31.7 Å². The third-order valence-corrected chi connectivity index (χ3v) is 7.79. The Morgan fingerprint density at radius 3 is 2.19 bits per heavy atom. The average Bonchev–Trinajstić information content (AvgIpc) is 2.92. The maximum atomic E-state index is 5.09. The Morgan fingerprint density at radius 2 is 1.42 bits per heavy atom. The maximum absolute atomic E-state index is 5.09. The summed E-state index contributed by atoms with van der Waals surface area (Å²) in [6.07, 6.45) is 5.08. The number of pyridine rings is 1. The van der Waals surface area contributed by atoms with Crippen molar-refractivity contribution in [3.05, 3.63) is 83.4 Å². The summed E-state index contributed by atoms with van der Waals surface area (Å²) in [7, 11) is 2.21. The summed E-state index contributed by atoms with van der Waals surface area (Å²) >= 11 is 0. The van der Waals surface area contributed by atoms with E-state index in [1.54, 1.807) is 0 Å². The third-order valence-electron chi connectivity index (χ3n) is 7.79. The minimum absolute atomic E-state index is 0.447. The molecule has 2 N–H and O–H groups in total. The number of rotatable bonds is 8. The first kappa shape index (κ1) is 23.0. The number of nitrogens with one attached hydrogen (secondary N) is 2. The summed E-state index contributed by atoms with van der Waals surface area (Å²) in [4.78, 5) is 12.3. The Morgan fingerprint density at radius 1 is 0.778 bits per heavy atom. The van der Waals surface area contributed by atoms with Gasteiger partial charge in [-0.05, 0) is 38.1 Å². The second kappa shape index (κ2) is 10.3. The van der Waals surface area contributed by atoms with Crippen LogP contribution in [0.3, 0.4) is 0 Å². The van der Waals surface area contributed by atoms with Gasteiger partial charge in [0.25, 0.3) is 0 Å². The van der Waals surface area contributed by atoms with Crippen LogP contribution >= 0.6 is 0 Å². The van der Waals surface area contributed by atoms with Crippen molar-refractivity contribution >= 4 is 33.2 Å². The van der Waals surface area contributed by atoms with Gasteiger partial charge in [0.15, 0.2) is 0 Å². The fraction of sp³-hybridized carbons (Fsp3) is 0.355. The zero-order valence-electron chi connectivity index (χ0n) is 21.1. The lowest BCUT2D eigenvalue weighted by Gasteiger charge is -2.34. The number of hydrogen-bond acceptors (Lipinski definition) is 5. The summed E-state index contributed by atoms with van der Waals surface area (Å²) in [5.41, 5.74) is 4.68. The Kier molecular flexibility index (Phi) is 6.56. The highest BCUT2D eigenvalue weighted by atomic mass is 15.1. The molecule has 2 aliphatic rings. The van der Waals surface area contributed by atoms with Crippen molar-refractivity contribution in [2.75, 3.05) is 38.5 Å². The van der Waals surface area contributed by atoms with Crippen molar-refractivity contribution in [3.63, 3.8) is 0 Å². The molecule has 0 bridgehead atoms. The number of anilines is 1. The monoisotopic (exact) mass is 477 g/mol. The van der Waals surface area contributed by atoms with Gasteiger partial charge < -0.3 is 15.5 Å². The molecule has 0 radical (unpaired) electrons. The molecule has 6 rings (SSSR count). The van der Waals surface area contributed by atoms with Crippen LogP contribution in [0.15, 0.2) is 77.8 Å². The first-order chi connectivity index (χ1) is 17.8. The highest BCUT2D eigenvalue weighted by molar-refractivity contribution is 6.07. The number of hydrogen-bond donors (Lipinski definition) is 2. The lowest BCUT2D eigenvalue weighted by molar-refractivity contribution is 0.334. The first-order valence-electron chi connectivity index (χ1n) is 13.4. The fourth-order valence-electron chi connectivity index (χ4n) is 5.92. The zero-order chi connectivity index (χ0) is 24.3. The molecular formula is C31H35N5. The highest BCUT2D eigenvalue weighted by Gasteiger charge is 2.30. The summed E-state index contributed by atoms with van der Waals surface area (Å²) in [6, 6.07) is 25.9. The van der Waals surface area contributed by atoms with Gasteiger partial charge in [-0.25, -0.2) is 4.98 Å². The average molecular weight is 478 g/mol. The van der Waals surface area contributed by atoms with Crippen LogP contribution in [-0.4, -0.2) is 49.2 Å². The maximum Gasteiger partial charge on any atom is 0.0730 e. The summed E-state index contributed by atoms with van der Waals surface area (Å²) in [6.45, 7) is 3.81. The van der Waals surface area contributed by atoms with Crippen LogP contribution in [0.1, 0.15) is 25.7 Å². The van der Waals surface area contributed by atoms with E-state index in [1.807, 2.05) is 0 Å². The molecule has 5 nitrogen and oxygen atoms in total. The first-order valence-corrected chi connectivity index (χ1v) is 13.4. The Labute approximate surface area is 213 Å². The van der Waals surface area contributed by atoms with E-state index in [2.05, 4.69) is 95.4 Å². The van der Waals surface area contributed by atoms with Crippen LogP contribution in [0, 0.1) is 5.92 Å². The SMILES string of the molecule is CN(CCNC1=c2ccccc2=NC2CCCCC12)CCNc1c2ccccc2nc2ccccc12. The molecule has 0 spiro atoms. The second-order valence-corrected chi connectivity index (χ2v) is 10.2. The molecule has 1 aliphatic heterocycles. The lowest BCUT2D eigenvalue weighted by Crippen LogP contribution is -2.46. The minimum Gasteiger partial charge on any atom is -0.386 e. The molecule has 1 fully saturated rings. The van der Waals surface area contributed by atoms with Gasteiger partial charge in [0.1, 0.15) is 0 Å². The topological polar surface area (TPSA) is 52.5 Å². The summed E-state index contributed by atoms with van der Waals surface area (Å²) in [5, 5.41) is 12.4. The molecule has 3 aromatic carbocycles. The highest BCUT2D eigenvalue weighted by Crippen LogP contribution is 2.32. The minimum atomic E-state index is 0.447. The Balaban J connectivity index is 1.10. The number of nitrogens with zero attached hydrogens (tertiary/aromatic N) is 3. The number of aromatic nitrogens is 1. The van der Waals surface area contributed by atoms with Crippen molar-refractivity contribution in [1.82, 2.24) is 15.2 Å². The molecule has 0 saturated heterocycles. The molecule has 184 valence electrons. The summed E-state index contributed by atoms with van der Waals surface area (Å²) < 4.78 is 0. The van der Waals surface area contributed by atoms with Crippen LogP contribution in [0.4, 0.5) is 5.69 Å². The van der Waals surface area contributed by atoms with Crippen LogP contribution < -0.4 is 21.2 Å². The van der Waals surface area contributed by atoms with Gasteiger partial charge >= 0.3 is 0 Å². The van der Waals surface area contributed by atoms with Gasteiger partial charge in [-0.2, -0.15) is 0 Å². The van der Waals surface area contributed by atoms with Crippen LogP contribution in [0.5, 0.6) is 0 Å². The molecule has 1 aliphatic carbocycles. The standard InChI is InChI=1S/C31H35N5/c1-36(20-18-32-30-22-10-2-6-14-26(22)34-27-15-7-3-11-23(27)30)21-19-33-31-24-12-4-8-16-28(24)35-29-17-9-5-13-25(29)31/h2-4,6-8,10-12,14-16,25,29,33H,5,9,13,17-21H2,1H3,(H,32,34). The lowest BCUT2D eigenvalue weighted by atomic mass is 9.80. The molecule has 1 aromatic heterocycles. The Hall–Kier alpha value is -3.44. The molecule has 4 aromatic rings. The molecule has 2 atom stereocenters. The van der Waals surface area contributed by atoms with Gasteiger partial charge in [-0.15, -0.1) is 0 Å². The third kappa shape index (κ3) is 4.56. The molecule has 2 unspecified atom stereocenters. The predicted molar refractivity (Wildman–Crippen MR) is 150 cm³/mol. The predicted octanol–water partition coefficient (Wildman–Crippen LogP) is 4.32. The van der Waals surface area contributed by atoms with Gasteiger partial charge in [0, 0.05) is 53.8 Å². The molecule has 1 saturated carbocycles. The van der Waals surface area contributed by atoms with Gasteiger partial charge in [-0.3, -0.25) is 4.99 Å². The number of para-hydroxylation sites is 3. The van der Waals surface area contributed by atoms with E-state index in [0.717, 1.165) is 42.6 Å². The van der Waals surface area contributed by atoms with Crippen molar-refractivity contribution < 1.29 is 0 Å². The molecule has 0 amide bonds. The van der Waals surface area contributed by atoms with E-state index in [4.69, 9.17) is 9.98 Å². The molecule has 36 heavy (non-hydrogen) atoms. The molecule has 5 heteroatoms. The molecule has 2 heterocycles. The zero-order valence-corrected chi connectivity index (χ0v) is 21.1. The molecular weight excluding hydrogens is 442 g/mol. The van der Waals surface area contributed by atoms with Crippen molar-refractivity contribution in [3.8, 4) is 0 Å². The van der Waals surface area contributed by atoms with Gasteiger partial charge in [0.2, 0.25) is 0 Å². The van der Waals surface area contributed by atoms with Crippen LogP contribution in [0.2, 0.25) is 0 Å². The van der Waals surface area contributed by atoms with Gasteiger partial charge in [0.05, 0.1) is 28.1 Å². The van der Waals surface area contributed by atoms with Crippen molar-refractivity contribution in [1.29, 1.82) is 0 Å². The van der Waals surface area contributed by atoms with E-state index in [0.29, 0.717) is 12.0 Å². The van der Waals surface area contributed by atoms with E-state index in [9.17, 15) is 0 Å². The Bertz CT molecular complexity index is 1440. The van der Waals surface area contributed by atoms with E-state index in [1.165, 1.54) is 53.1 Å². The smallest absolute Gasteiger partial charge is 0.0730 e. The fourth-order valence-corrected chi connectivity index (χ4v) is 5.92. The quantitative estimate of drug-likeness (QED) is 0.371. The van der Waals surface area contributed by atoms with Gasteiger partial charge in [-0.1, -0.05) is 67.4 Å². The largest absolute Gasteiger partial charge is 0.386 e. The van der Waals surface area contributed by atoms with E-state index >= 15 is 0 Å². The van der Waals surface area contributed by atoms with E-state index in [-0.39, 0.29) is 0 Å². The van der Waals surface area contributed by atoms with E-state index < -0.39 is 0 Å². The number of likely N-dealkylation sites (N-methyl/N-ethyl adjacent to an activating group) is 1. The number of fused-ring (bicyclic) bond motifs is 4. The van der Waals surface area contributed by atoms with Crippen LogP contribution in [0.25, 0.3) is 27.5 Å². The van der Waals surface area contributed by atoms with Crippen LogP contribution in [-0.2, 0) is 0 Å². The van der Waals surface area contributed by atoms with Crippen molar-refractivity contribution in [2.24, 2.45) is 10.9 Å². The second-order valence-electron chi connectivity index (χ2n) is 10.2. The normalized spacial score (nSPS) is 19.1. The summed E-state index contributed by atoms with van der Waals surface area (Å²) in [5.74, 6) is 0.550.